The third-order valence-corrected chi connectivity index (χ3v) is 2.59. The summed E-state index contributed by atoms with van der Waals surface area (Å²) in [6.07, 6.45) is 2.91. The second kappa shape index (κ2) is 5.05. The van der Waals surface area contributed by atoms with Crippen molar-refractivity contribution in [3.05, 3.63) is 54.1 Å². The van der Waals surface area contributed by atoms with Crippen LogP contribution in [0.15, 0.2) is 42.7 Å². The van der Waals surface area contributed by atoms with Crippen molar-refractivity contribution in [3.63, 3.8) is 0 Å². The molecule has 0 fully saturated rings. The van der Waals surface area contributed by atoms with E-state index in [0.29, 0.717) is 12.2 Å². The Balaban J connectivity index is 2.13. The first kappa shape index (κ1) is 11.7. The minimum absolute atomic E-state index is 0.293. The number of imidazole rings is 1. The van der Waals surface area contributed by atoms with E-state index in [4.69, 9.17) is 5.73 Å². The van der Waals surface area contributed by atoms with Crippen LogP contribution in [0.4, 0.5) is 8.78 Å². The van der Waals surface area contributed by atoms with Crippen LogP contribution < -0.4 is 5.73 Å². The van der Waals surface area contributed by atoms with Gasteiger partial charge in [-0.15, -0.1) is 0 Å². The Labute approximate surface area is 97.9 Å². The zero-order valence-electron chi connectivity index (χ0n) is 9.13. The molecule has 1 heterocycles. The molecule has 0 bridgehead atoms. The molecule has 1 aromatic carbocycles. The van der Waals surface area contributed by atoms with Gasteiger partial charge in [-0.2, -0.15) is 8.78 Å². The Morgan fingerprint density at radius 3 is 2.59 bits per heavy atom. The van der Waals surface area contributed by atoms with Crippen LogP contribution in [0.2, 0.25) is 0 Å². The van der Waals surface area contributed by atoms with Gasteiger partial charge in [-0.1, -0.05) is 30.3 Å². The standard InChI is InChI=1S/C12H13F2N3/c13-12(14)17-7-6-16-11(17)8-10(15)9-4-2-1-3-5-9/h1-7,10,12H,8,15H2. The van der Waals surface area contributed by atoms with E-state index in [1.165, 1.54) is 12.4 Å². The van der Waals surface area contributed by atoms with Gasteiger partial charge in [0, 0.05) is 24.9 Å². The number of rotatable bonds is 4. The van der Waals surface area contributed by atoms with Gasteiger partial charge in [0.2, 0.25) is 0 Å². The zero-order valence-corrected chi connectivity index (χ0v) is 9.13. The van der Waals surface area contributed by atoms with Crippen LogP contribution >= 0.6 is 0 Å². The Morgan fingerprint density at radius 2 is 1.94 bits per heavy atom. The van der Waals surface area contributed by atoms with Crippen LogP contribution in [0.3, 0.4) is 0 Å². The Morgan fingerprint density at radius 1 is 1.24 bits per heavy atom. The lowest BCUT2D eigenvalue weighted by molar-refractivity contribution is 0.0667. The summed E-state index contributed by atoms with van der Waals surface area (Å²) in [7, 11) is 0. The van der Waals surface area contributed by atoms with Crippen molar-refractivity contribution >= 4 is 0 Å². The lowest BCUT2D eigenvalue weighted by Crippen LogP contribution is -2.16. The molecule has 1 unspecified atom stereocenters. The normalized spacial score (nSPS) is 12.9. The summed E-state index contributed by atoms with van der Waals surface area (Å²) >= 11 is 0. The molecule has 17 heavy (non-hydrogen) atoms. The van der Waals surface area contributed by atoms with Crippen molar-refractivity contribution in [2.75, 3.05) is 0 Å². The molecular formula is C12H13F2N3. The lowest BCUT2D eigenvalue weighted by Gasteiger charge is -2.12. The summed E-state index contributed by atoms with van der Waals surface area (Å²) in [4.78, 5) is 3.91. The highest BCUT2D eigenvalue weighted by molar-refractivity contribution is 5.19. The minimum Gasteiger partial charge on any atom is -0.324 e. The fraction of sp³-hybridized carbons (Fsp3) is 0.250. The highest BCUT2D eigenvalue weighted by Gasteiger charge is 2.15. The van der Waals surface area contributed by atoms with Crippen LogP contribution in [-0.2, 0) is 6.42 Å². The summed E-state index contributed by atoms with van der Waals surface area (Å²) in [6, 6.07) is 9.05. The highest BCUT2D eigenvalue weighted by Crippen LogP contribution is 2.18. The van der Waals surface area contributed by atoms with Gasteiger partial charge >= 0.3 is 6.55 Å². The second-order valence-corrected chi connectivity index (χ2v) is 3.75. The lowest BCUT2D eigenvalue weighted by atomic mass is 10.0. The molecule has 90 valence electrons. The van der Waals surface area contributed by atoms with Crippen molar-refractivity contribution in [3.8, 4) is 0 Å². The molecule has 3 nitrogen and oxygen atoms in total. The van der Waals surface area contributed by atoms with Crippen molar-refractivity contribution < 1.29 is 8.78 Å². The molecule has 0 spiro atoms. The van der Waals surface area contributed by atoms with Gasteiger partial charge in [-0.05, 0) is 5.56 Å². The maximum Gasteiger partial charge on any atom is 0.319 e. The smallest absolute Gasteiger partial charge is 0.319 e. The van der Waals surface area contributed by atoms with Gasteiger partial charge in [0.1, 0.15) is 5.82 Å². The van der Waals surface area contributed by atoms with E-state index < -0.39 is 6.55 Å². The Bertz CT molecular complexity index is 468. The summed E-state index contributed by atoms with van der Waals surface area (Å²) in [5, 5.41) is 0. The first-order valence-electron chi connectivity index (χ1n) is 5.29. The number of nitrogens with zero attached hydrogens (tertiary/aromatic N) is 2. The van der Waals surface area contributed by atoms with Gasteiger partial charge in [-0.3, -0.25) is 4.57 Å². The van der Waals surface area contributed by atoms with Crippen LogP contribution in [0.1, 0.15) is 24.0 Å². The zero-order chi connectivity index (χ0) is 12.3. The van der Waals surface area contributed by atoms with Crippen molar-refractivity contribution in [2.45, 2.75) is 19.0 Å². The highest BCUT2D eigenvalue weighted by atomic mass is 19.3. The molecule has 2 N–H and O–H groups in total. The van der Waals surface area contributed by atoms with E-state index >= 15 is 0 Å². The molecule has 0 radical (unpaired) electrons. The summed E-state index contributed by atoms with van der Waals surface area (Å²) in [5.74, 6) is 0.302. The predicted octanol–water partition coefficient (Wildman–Crippen LogP) is 2.52. The predicted molar refractivity (Wildman–Crippen MR) is 60.6 cm³/mol. The molecule has 2 rings (SSSR count). The first-order valence-corrected chi connectivity index (χ1v) is 5.29. The molecule has 1 atom stereocenters. The molecule has 0 aliphatic carbocycles. The van der Waals surface area contributed by atoms with Crippen molar-refractivity contribution in [2.24, 2.45) is 5.73 Å². The molecule has 1 aromatic heterocycles. The largest absolute Gasteiger partial charge is 0.324 e. The molecular weight excluding hydrogens is 224 g/mol. The van der Waals surface area contributed by atoms with Gasteiger partial charge in [0.15, 0.2) is 0 Å². The SMILES string of the molecule is NC(Cc1nccn1C(F)F)c1ccccc1. The Kier molecular flexibility index (Phi) is 3.49. The van der Waals surface area contributed by atoms with Crippen LogP contribution in [0.5, 0.6) is 0 Å². The average molecular weight is 237 g/mol. The van der Waals surface area contributed by atoms with Crippen LogP contribution in [-0.4, -0.2) is 9.55 Å². The maximum atomic E-state index is 12.6. The number of halogens is 2. The fourth-order valence-corrected chi connectivity index (χ4v) is 1.69. The molecule has 2 aromatic rings. The second-order valence-electron chi connectivity index (χ2n) is 3.75. The van der Waals surface area contributed by atoms with E-state index in [1.54, 1.807) is 0 Å². The number of benzene rings is 1. The average Bonchev–Trinajstić information content (AvgIpc) is 2.78. The molecule has 0 saturated heterocycles. The first-order chi connectivity index (χ1) is 8.18. The molecule has 5 heteroatoms. The topological polar surface area (TPSA) is 43.8 Å². The fourth-order valence-electron chi connectivity index (χ4n) is 1.69. The molecule has 0 aliphatic heterocycles. The molecule has 0 saturated carbocycles. The number of aromatic nitrogens is 2. The minimum atomic E-state index is -2.57. The van der Waals surface area contributed by atoms with Crippen molar-refractivity contribution in [1.29, 1.82) is 0 Å². The van der Waals surface area contributed by atoms with E-state index in [1.807, 2.05) is 30.3 Å². The Hall–Kier alpha value is -1.75. The van der Waals surface area contributed by atoms with Crippen molar-refractivity contribution in [1.82, 2.24) is 9.55 Å². The van der Waals surface area contributed by atoms with Gasteiger partial charge in [-0.25, -0.2) is 4.98 Å². The van der Waals surface area contributed by atoms with E-state index in [9.17, 15) is 8.78 Å². The van der Waals surface area contributed by atoms with Gasteiger partial charge in [0.25, 0.3) is 0 Å². The summed E-state index contributed by atoms with van der Waals surface area (Å²) in [5.41, 5.74) is 6.87. The summed E-state index contributed by atoms with van der Waals surface area (Å²) in [6.45, 7) is -2.57. The number of alkyl halides is 2. The van der Waals surface area contributed by atoms with Crippen LogP contribution in [0.25, 0.3) is 0 Å². The quantitative estimate of drug-likeness (QED) is 0.888. The van der Waals surface area contributed by atoms with Gasteiger partial charge < -0.3 is 5.73 Å². The maximum absolute atomic E-state index is 12.6. The van der Waals surface area contributed by atoms with Gasteiger partial charge in [0.05, 0.1) is 0 Å². The molecule has 0 aliphatic rings. The number of hydrogen-bond acceptors (Lipinski definition) is 2. The van der Waals surface area contributed by atoms with Crippen LogP contribution in [0, 0.1) is 0 Å². The van der Waals surface area contributed by atoms with E-state index in [0.717, 1.165) is 10.1 Å². The third kappa shape index (κ3) is 2.68. The van der Waals surface area contributed by atoms with E-state index in [2.05, 4.69) is 4.98 Å². The number of hydrogen-bond donors (Lipinski definition) is 1. The van der Waals surface area contributed by atoms with E-state index in [-0.39, 0.29) is 6.04 Å². The third-order valence-electron chi connectivity index (χ3n) is 2.59. The monoisotopic (exact) mass is 237 g/mol. The summed E-state index contributed by atoms with van der Waals surface area (Å²) < 4.78 is 26.0. The molecule has 0 amide bonds. The number of nitrogens with two attached hydrogens (primary N) is 1.